The third kappa shape index (κ3) is 4.73. The molecular formula is C19H20N2O6. The molecule has 0 aliphatic carbocycles. The van der Waals surface area contributed by atoms with Gasteiger partial charge in [0.05, 0.1) is 23.7 Å². The summed E-state index contributed by atoms with van der Waals surface area (Å²) in [6.45, 7) is 1.25. The summed E-state index contributed by atoms with van der Waals surface area (Å²) >= 11 is 0. The molecule has 0 saturated carbocycles. The predicted octanol–water partition coefficient (Wildman–Crippen LogP) is 3.16. The molecule has 8 nitrogen and oxygen atoms in total. The first-order chi connectivity index (χ1) is 13.1. The van der Waals surface area contributed by atoms with Gasteiger partial charge in [-0.05, 0) is 36.2 Å². The minimum absolute atomic E-state index is 0.0373. The average Bonchev–Trinajstić information content (AvgIpc) is 2.65. The standard InChI is InChI=1S/C19H20N2O6/c1-25-15-5-2-13(3-6-15)12-27-19(22)14-4-7-18(21(23)24)17(10-14)20-11-16-8-9-26-16/h2-7,10,16,20H,8-9,11-12H2,1H3/t16-/m0/s1. The molecule has 142 valence electrons. The zero-order valence-electron chi connectivity index (χ0n) is 14.8. The molecule has 2 aromatic rings. The molecule has 8 heteroatoms. The minimum Gasteiger partial charge on any atom is -0.497 e. The Labute approximate surface area is 156 Å². The lowest BCUT2D eigenvalue weighted by Crippen LogP contribution is -2.33. The number of carbonyl (C=O) groups is 1. The van der Waals surface area contributed by atoms with E-state index in [1.54, 1.807) is 31.4 Å². The monoisotopic (exact) mass is 372 g/mol. The zero-order valence-corrected chi connectivity index (χ0v) is 14.8. The van der Waals surface area contributed by atoms with Crippen LogP contribution in [0.1, 0.15) is 22.3 Å². The van der Waals surface area contributed by atoms with Crippen molar-refractivity contribution < 1.29 is 23.9 Å². The van der Waals surface area contributed by atoms with Gasteiger partial charge in [0.2, 0.25) is 0 Å². The molecule has 1 saturated heterocycles. The summed E-state index contributed by atoms with van der Waals surface area (Å²) in [6, 6.07) is 11.3. The molecule has 1 N–H and O–H groups in total. The summed E-state index contributed by atoms with van der Waals surface area (Å²) in [5.41, 5.74) is 1.23. The minimum atomic E-state index is -0.552. The molecule has 1 aliphatic heterocycles. The van der Waals surface area contributed by atoms with Crippen LogP contribution in [-0.2, 0) is 16.1 Å². The fraction of sp³-hybridized carbons (Fsp3) is 0.316. The van der Waals surface area contributed by atoms with Crippen molar-refractivity contribution in [3.8, 4) is 5.75 Å². The summed E-state index contributed by atoms with van der Waals surface area (Å²) in [5, 5.41) is 14.2. The van der Waals surface area contributed by atoms with Crippen molar-refractivity contribution in [1.29, 1.82) is 0 Å². The Morgan fingerprint density at radius 2 is 2.04 bits per heavy atom. The number of nitro benzene ring substituents is 1. The number of anilines is 1. The van der Waals surface area contributed by atoms with Crippen molar-refractivity contribution >= 4 is 17.3 Å². The van der Waals surface area contributed by atoms with Gasteiger partial charge in [-0.25, -0.2) is 4.79 Å². The van der Waals surface area contributed by atoms with E-state index >= 15 is 0 Å². The Bertz CT molecular complexity index is 817. The third-order valence-electron chi connectivity index (χ3n) is 4.27. The lowest BCUT2D eigenvalue weighted by atomic mass is 10.1. The quantitative estimate of drug-likeness (QED) is 0.431. The van der Waals surface area contributed by atoms with Gasteiger partial charge in [-0.15, -0.1) is 0 Å². The topological polar surface area (TPSA) is 99.9 Å². The summed E-state index contributed by atoms with van der Waals surface area (Å²) in [7, 11) is 1.58. The second-order valence-electron chi connectivity index (χ2n) is 6.08. The molecule has 2 aromatic carbocycles. The van der Waals surface area contributed by atoms with Gasteiger partial charge in [-0.2, -0.15) is 0 Å². The first-order valence-electron chi connectivity index (χ1n) is 8.51. The van der Waals surface area contributed by atoms with Crippen LogP contribution in [0.25, 0.3) is 0 Å². The SMILES string of the molecule is COc1ccc(COC(=O)c2ccc([N+](=O)[O-])c(NC[C@@H]3CCO3)c2)cc1. The Morgan fingerprint density at radius 1 is 1.30 bits per heavy atom. The average molecular weight is 372 g/mol. The highest BCUT2D eigenvalue weighted by molar-refractivity contribution is 5.91. The summed E-state index contributed by atoms with van der Waals surface area (Å²) in [6.07, 6.45) is 0.944. The van der Waals surface area contributed by atoms with Crippen molar-refractivity contribution in [3.63, 3.8) is 0 Å². The number of hydrogen-bond acceptors (Lipinski definition) is 7. The van der Waals surface area contributed by atoms with Crippen LogP contribution in [0.15, 0.2) is 42.5 Å². The number of hydrogen-bond donors (Lipinski definition) is 1. The van der Waals surface area contributed by atoms with Gasteiger partial charge in [0.1, 0.15) is 18.0 Å². The van der Waals surface area contributed by atoms with Crippen LogP contribution in [0.3, 0.4) is 0 Å². The van der Waals surface area contributed by atoms with Gasteiger partial charge in [0.15, 0.2) is 0 Å². The van der Waals surface area contributed by atoms with Crippen molar-refractivity contribution in [3.05, 3.63) is 63.7 Å². The van der Waals surface area contributed by atoms with Crippen LogP contribution in [0.5, 0.6) is 5.75 Å². The predicted molar refractivity (Wildman–Crippen MR) is 98.1 cm³/mol. The molecule has 3 rings (SSSR count). The van der Waals surface area contributed by atoms with Gasteiger partial charge in [0.25, 0.3) is 5.69 Å². The van der Waals surface area contributed by atoms with Crippen molar-refractivity contribution in [2.75, 3.05) is 25.6 Å². The van der Waals surface area contributed by atoms with Crippen LogP contribution < -0.4 is 10.1 Å². The van der Waals surface area contributed by atoms with Crippen LogP contribution in [0.4, 0.5) is 11.4 Å². The van der Waals surface area contributed by atoms with E-state index in [1.807, 2.05) is 0 Å². The molecule has 0 bridgehead atoms. The zero-order chi connectivity index (χ0) is 19.2. The molecule has 0 radical (unpaired) electrons. The Morgan fingerprint density at radius 3 is 2.63 bits per heavy atom. The number of benzene rings is 2. The van der Waals surface area contributed by atoms with Crippen molar-refractivity contribution in [1.82, 2.24) is 0 Å². The molecule has 27 heavy (non-hydrogen) atoms. The highest BCUT2D eigenvalue weighted by Crippen LogP contribution is 2.27. The summed E-state index contributed by atoms with van der Waals surface area (Å²) in [4.78, 5) is 23.0. The number of ether oxygens (including phenoxy) is 3. The maximum atomic E-state index is 12.3. The summed E-state index contributed by atoms with van der Waals surface area (Å²) < 4.78 is 15.7. The van der Waals surface area contributed by atoms with Crippen molar-refractivity contribution in [2.45, 2.75) is 19.1 Å². The van der Waals surface area contributed by atoms with E-state index in [1.165, 1.54) is 18.2 Å². The molecule has 0 unspecified atom stereocenters. The maximum absolute atomic E-state index is 12.3. The van der Waals surface area contributed by atoms with E-state index in [9.17, 15) is 14.9 Å². The Kier molecular flexibility index (Phi) is 5.87. The molecule has 1 atom stereocenters. The van der Waals surface area contributed by atoms with Gasteiger partial charge in [0, 0.05) is 19.2 Å². The number of nitro groups is 1. The summed E-state index contributed by atoms with van der Waals surface area (Å²) in [5.74, 6) is 0.162. The van der Waals surface area contributed by atoms with Gasteiger partial charge >= 0.3 is 5.97 Å². The third-order valence-corrected chi connectivity index (χ3v) is 4.27. The van der Waals surface area contributed by atoms with E-state index in [0.717, 1.165) is 12.0 Å². The lowest BCUT2D eigenvalue weighted by Gasteiger charge is -2.26. The van der Waals surface area contributed by atoms with E-state index in [2.05, 4.69) is 5.32 Å². The van der Waals surface area contributed by atoms with Gasteiger partial charge < -0.3 is 19.5 Å². The van der Waals surface area contributed by atoms with Crippen molar-refractivity contribution in [2.24, 2.45) is 0 Å². The van der Waals surface area contributed by atoms with E-state index in [4.69, 9.17) is 14.2 Å². The highest BCUT2D eigenvalue weighted by atomic mass is 16.6. The van der Waals surface area contributed by atoms with Crippen LogP contribution in [0, 0.1) is 10.1 Å². The molecule has 1 fully saturated rings. The smallest absolute Gasteiger partial charge is 0.338 e. The lowest BCUT2D eigenvalue weighted by molar-refractivity contribution is -0.384. The second kappa shape index (κ2) is 8.50. The van der Waals surface area contributed by atoms with Gasteiger partial charge in [-0.1, -0.05) is 12.1 Å². The van der Waals surface area contributed by atoms with E-state index in [0.29, 0.717) is 18.9 Å². The van der Waals surface area contributed by atoms with E-state index < -0.39 is 10.9 Å². The largest absolute Gasteiger partial charge is 0.497 e. The normalized spacial score (nSPS) is 15.5. The Balaban J connectivity index is 1.66. The fourth-order valence-corrected chi connectivity index (χ4v) is 2.59. The second-order valence-corrected chi connectivity index (χ2v) is 6.08. The molecule has 0 amide bonds. The highest BCUT2D eigenvalue weighted by Gasteiger charge is 2.21. The fourth-order valence-electron chi connectivity index (χ4n) is 2.59. The van der Waals surface area contributed by atoms with Gasteiger partial charge in [-0.3, -0.25) is 10.1 Å². The number of esters is 1. The Hall–Kier alpha value is -3.13. The number of methoxy groups -OCH3 is 1. The van der Waals surface area contributed by atoms with Crippen LogP contribution in [0.2, 0.25) is 0 Å². The van der Waals surface area contributed by atoms with Crippen LogP contribution >= 0.6 is 0 Å². The molecular weight excluding hydrogens is 352 g/mol. The molecule has 0 spiro atoms. The molecule has 0 aromatic heterocycles. The van der Waals surface area contributed by atoms with E-state index in [-0.39, 0.29) is 29.6 Å². The molecule has 1 heterocycles. The molecule has 1 aliphatic rings. The first kappa shape index (κ1) is 18.7. The maximum Gasteiger partial charge on any atom is 0.338 e. The number of nitrogens with one attached hydrogen (secondary N) is 1. The number of carbonyl (C=O) groups excluding carboxylic acids is 1. The first-order valence-corrected chi connectivity index (χ1v) is 8.51. The number of nitrogens with zero attached hydrogens (tertiary/aromatic N) is 1. The number of rotatable bonds is 8. The van der Waals surface area contributed by atoms with Crippen LogP contribution in [-0.4, -0.2) is 37.3 Å².